The van der Waals surface area contributed by atoms with E-state index in [-0.39, 0.29) is 0 Å². The lowest BCUT2D eigenvalue weighted by molar-refractivity contribution is 0.0339. The molecule has 2 saturated carbocycles. The van der Waals surface area contributed by atoms with Crippen molar-refractivity contribution in [3.63, 3.8) is 0 Å². The summed E-state index contributed by atoms with van der Waals surface area (Å²) in [5.41, 5.74) is 0. The molecule has 2 aliphatic rings. The van der Waals surface area contributed by atoms with Gasteiger partial charge in [-0.15, -0.1) is 0 Å². The molecule has 2 heteroatoms. The van der Waals surface area contributed by atoms with Crippen molar-refractivity contribution in [2.24, 2.45) is 5.92 Å². The number of alkyl halides is 1. The number of hydrogen-bond donors (Lipinski definition) is 0. The SMILES string of the molecule is BrC1CCCCCC1OCCC1CCC1. The third kappa shape index (κ3) is 3.74. The maximum absolute atomic E-state index is 6.03. The van der Waals surface area contributed by atoms with Gasteiger partial charge in [0.25, 0.3) is 0 Å². The quantitative estimate of drug-likeness (QED) is 0.549. The van der Waals surface area contributed by atoms with Gasteiger partial charge in [-0.3, -0.25) is 0 Å². The highest BCUT2D eigenvalue weighted by atomic mass is 79.9. The van der Waals surface area contributed by atoms with Crippen LogP contribution in [0.25, 0.3) is 0 Å². The summed E-state index contributed by atoms with van der Waals surface area (Å²) in [6.07, 6.45) is 12.8. The minimum Gasteiger partial charge on any atom is -0.377 e. The largest absolute Gasteiger partial charge is 0.377 e. The summed E-state index contributed by atoms with van der Waals surface area (Å²) in [5, 5.41) is 0. The van der Waals surface area contributed by atoms with Crippen molar-refractivity contribution < 1.29 is 4.74 Å². The first kappa shape index (κ1) is 11.9. The van der Waals surface area contributed by atoms with E-state index in [0.29, 0.717) is 10.9 Å². The molecule has 88 valence electrons. The lowest BCUT2D eigenvalue weighted by Gasteiger charge is -2.27. The molecule has 0 amide bonds. The zero-order chi connectivity index (χ0) is 10.5. The van der Waals surface area contributed by atoms with E-state index < -0.39 is 0 Å². The van der Waals surface area contributed by atoms with Gasteiger partial charge in [0, 0.05) is 11.4 Å². The van der Waals surface area contributed by atoms with E-state index >= 15 is 0 Å². The van der Waals surface area contributed by atoms with Gasteiger partial charge in [-0.2, -0.15) is 0 Å². The summed E-state index contributed by atoms with van der Waals surface area (Å²) in [5.74, 6) is 0.990. The Hall–Kier alpha value is 0.440. The number of hydrogen-bond acceptors (Lipinski definition) is 1. The second-order valence-electron chi connectivity index (χ2n) is 5.15. The lowest BCUT2D eigenvalue weighted by Crippen LogP contribution is -2.25. The molecule has 1 nitrogen and oxygen atoms in total. The van der Waals surface area contributed by atoms with Gasteiger partial charge in [0.1, 0.15) is 0 Å². The van der Waals surface area contributed by atoms with Crippen molar-refractivity contribution in [1.82, 2.24) is 0 Å². The van der Waals surface area contributed by atoms with Crippen molar-refractivity contribution in [2.75, 3.05) is 6.61 Å². The van der Waals surface area contributed by atoms with Crippen LogP contribution in [0.2, 0.25) is 0 Å². The number of rotatable bonds is 4. The minimum atomic E-state index is 0.493. The molecular formula is C13H23BrO. The predicted octanol–water partition coefficient (Wildman–Crippen LogP) is 4.29. The molecule has 0 aliphatic heterocycles. The molecule has 0 aromatic heterocycles. The van der Waals surface area contributed by atoms with Gasteiger partial charge in [0.2, 0.25) is 0 Å². The molecule has 15 heavy (non-hydrogen) atoms. The van der Waals surface area contributed by atoms with Crippen LogP contribution >= 0.6 is 15.9 Å². The van der Waals surface area contributed by atoms with Crippen LogP contribution < -0.4 is 0 Å². The molecule has 2 aliphatic carbocycles. The van der Waals surface area contributed by atoms with Crippen LogP contribution in [0.4, 0.5) is 0 Å². The van der Waals surface area contributed by atoms with Crippen LogP contribution in [0.1, 0.15) is 57.8 Å². The Morgan fingerprint density at radius 3 is 2.47 bits per heavy atom. The Morgan fingerprint density at radius 1 is 0.933 bits per heavy atom. The Bertz CT molecular complexity index is 179. The average molecular weight is 275 g/mol. The van der Waals surface area contributed by atoms with Crippen LogP contribution in [0.5, 0.6) is 0 Å². The highest BCUT2D eigenvalue weighted by Gasteiger charge is 2.23. The molecule has 0 bridgehead atoms. The summed E-state index contributed by atoms with van der Waals surface area (Å²) >= 11 is 3.78. The van der Waals surface area contributed by atoms with Gasteiger partial charge in [-0.1, -0.05) is 54.5 Å². The molecule has 2 atom stereocenters. The summed E-state index contributed by atoms with van der Waals surface area (Å²) in [6, 6.07) is 0. The zero-order valence-electron chi connectivity index (χ0n) is 9.59. The van der Waals surface area contributed by atoms with E-state index in [1.54, 1.807) is 0 Å². The summed E-state index contributed by atoms with van der Waals surface area (Å²) in [4.78, 5) is 0.612. The maximum atomic E-state index is 6.03. The molecule has 0 N–H and O–H groups in total. The monoisotopic (exact) mass is 274 g/mol. The van der Waals surface area contributed by atoms with Crippen molar-refractivity contribution in [3.8, 4) is 0 Å². The predicted molar refractivity (Wildman–Crippen MR) is 67.5 cm³/mol. The van der Waals surface area contributed by atoms with Crippen LogP contribution in [-0.4, -0.2) is 17.5 Å². The van der Waals surface area contributed by atoms with Crippen molar-refractivity contribution >= 4 is 15.9 Å². The molecule has 0 saturated heterocycles. The molecule has 2 rings (SSSR count). The van der Waals surface area contributed by atoms with Crippen LogP contribution in [0.3, 0.4) is 0 Å². The third-order valence-corrected chi connectivity index (χ3v) is 5.00. The molecule has 0 radical (unpaired) electrons. The summed E-state index contributed by atoms with van der Waals surface area (Å²) < 4.78 is 6.03. The molecule has 0 heterocycles. The highest BCUT2D eigenvalue weighted by Crippen LogP contribution is 2.30. The normalized spacial score (nSPS) is 33.4. The molecule has 0 aromatic carbocycles. The van der Waals surface area contributed by atoms with Crippen LogP contribution in [-0.2, 0) is 4.74 Å². The third-order valence-electron chi connectivity index (χ3n) is 3.95. The van der Waals surface area contributed by atoms with E-state index in [1.807, 2.05) is 0 Å². The molecule has 0 aromatic rings. The number of halogens is 1. The second-order valence-corrected chi connectivity index (χ2v) is 6.32. The first-order valence-electron chi connectivity index (χ1n) is 6.62. The van der Waals surface area contributed by atoms with Gasteiger partial charge in [-0.05, 0) is 25.2 Å². The summed E-state index contributed by atoms with van der Waals surface area (Å²) in [6.45, 7) is 0.997. The van der Waals surface area contributed by atoms with Crippen molar-refractivity contribution in [1.29, 1.82) is 0 Å². The summed E-state index contributed by atoms with van der Waals surface area (Å²) in [7, 11) is 0. The highest BCUT2D eigenvalue weighted by molar-refractivity contribution is 9.09. The van der Waals surface area contributed by atoms with Gasteiger partial charge in [0.05, 0.1) is 6.10 Å². The van der Waals surface area contributed by atoms with Crippen molar-refractivity contribution in [3.05, 3.63) is 0 Å². The first-order chi connectivity index (χ1) is 7.36. The second kappa shape index (κ2) is 6.24. The minimum absolute atomic E-state index is 0.493. The molecule has 0 spiro atoms. The van der Waals surface area contributed by atoms with Gasteiger partial charge in [-0.25, -0.2) is 0 Å². The van der Waals surface area contributed by atoms with E-state index in [1.165, 1.54) is 57.8 Å². The van der Waals surface area contributed by atoms with Crippen molar-refractivity contribution in [2.45, 2.75) is 68.7 Å². The fourth-order valence-electron chi connectivity index (χ4n) is 2.58. The molecule has 2 unspecified atom stereocenters. The van der Waals surface area contributed by atoms with E-state index in [2.05, 4.69) is 15.9 Å². The van der Waals surface area contributed by atoms with Crippen LogP contribution in [0, 0.1) is 5.92 Å². The van der Waals surface area contributed by atoms with E-state index in [9.17, 15) is 0 Å². The topological polar surface area (TPSA) is 9.23 Å². The lowest BCUT2D eigenvalue weighted by atomic mass is 9.83. The van der Waals surface area contributed by atoms with E-state index in [0.717, 1.165) is 12.5 Å². The van der Waals surface area contributed by atoms with Crippen LogP contribution in [0.15, 0.2) is 0 Å². The standard InChI is InChI=1S/C13H23BrO/c14-12-7-2-1-3-8-13(12)15-10-9-11-5-4-6-11/h11-13H,1-10H2. The Balaban J connectivity index is 1.62. The zero-order valence-corrected chi connectivity index (χ0v) is 11.2. The van der Waals surface area contributed by atoms with Gasteiger partial charge >= 0.3 is 0 Å². The fourth-order valence-corrected chi connectivity index (χ4v) is 3.32. The molecular weight excluding hydrogens is 252 g/mol. The maximum Gasteiger partial charge on any atom is 0.0700 e. The first-order valence-corrected chi connectivity index (χ1v) is 7.53. The fraction of sp³-hybridized carbons (Fsp3) is 1.00. The van der Waals surface area contributed by atoms with Gasteiger partial charge < -0.3 is 4.74 Å². The average Bonchev–Trinajstić information content (AvgIpc) is 2.36. The Kier molecular flexibility index (Phi) is 4.96. The Labute approximate surface area is 102 Å². The Morgan fingerprint density at radius 2 is 1.73 bits per heavy atom. The van der Waals surface area contributed by atoms with Gasteiger partial charge in [0.15, 0.2) is 0 Å². The molecule has 2 fully saturated rings. The smallest absolute Gasteiger partial charge is 0.0700 e. The van der Waals surface area contributed by atoms with E-state index in [4.69, 9.17) is 4.74 Å². The number of ether oxygens (including phenoxy) is 1.